The smallest absolute Gasteiger partial charge is 0.410 e. The maximum atomic E-state index is 12.1. The summed E-state index contributed by atoms with van der Waals surface area (Å²) in [6.45, 7) is 10.1. The molecule has 0 atom stereocenters. The lowest BCUT2D eigenvalue weighted by Gasteiger charge is -2.35. The number of nitrogens with zero attached hydrogens (tertiary/aromatic N) is 5. The van der Waals surface area contributed by atoms with Crippen molar-refractivity contribution in [1.29, 1.82) is 0 Å². The number of carbonyl (C=O) groups excluding carboxylic acids is 1. The number of piperazine rings is 1. The largest absolute Gasteiger partial charge is 0.444 e. The van der Waals surface area contributed by atoms with Crippen molar-refractivity contribution in [3.8, 4) is 0 Å². The molecule has 25 heavy (non-hydrogen) atoms. The van der Waals surface area contributed by atoms with Crippen molar-refractivity contribution in [1.82, 2.24) is 30.3 Å². The molecule has 2 N–H and O–H groups in total. The molecule has 1 fully saturated rings. The van der Waals surface area contributed by atoms with Crippen LogP contribution in [0.15, 0.2) is 6.07 Å². The summed E-state index contributed by atoms with van der Waals surface area (Å²) in [4.78, 5) is 20.4. The second-order valence-electron chi connectivity index (χ2n) is 7.26. The van der Waals surface area contributed by atoms with Crippen molar-refractivity contribution in [3.63, 3.8) is 0 Å². The maximum absolute atomic E-state index is 12.1. The van der Waals surface area contributed by atoms with E-state index in [2.05, 4.69) is 30.3 Å². The molecule has 9 heteroatoms. The highest BCUT2D eigenvalue weighted by molar-refractivity contribution is 5.68. The summed E-state index contributed by atoms with van der Waals surface area (Å²) in [5, 5.41) is 14.4. The van der Waals surface area contributed by atoms with E-state index in [1.807, 2.05) is 33.8 Å². The van der Waals surface area contributed by atoms with Crippen molar-refractivity contribution in [3.05, 3.63) is 23.3 Å². The SMILES string of the molecule is Cc1cc(Cc2nc(N3CCN(C(=O)OC(C)(C)C)CC3)n[nH]2)n[nH]1. The summed E-state index contributed by atoms with van der Waals surface area (Å²) in [5.41, 5.74) is 1.47. The average Bonchev–Trinajstić information content (AvgIpc) is 3.15. The minimum absolute atomic E-state index is 0.267. The molecule has 1 amide bonds. The van der Waals surface area contributed by atoms with Crippen LogP contribution in [0.25, 0.3) is 0 Å². The molecule has 1 saturated heterocycles. The van der Waals surface area contributed by atoms with Gasteiger partial charge < -0.3 is 14.5 Å². The lowest BCUT2D eigenvalue weighted by atomic mass is 10.2. The predicted molar refractivity (Wildman–Crippen MR) is 92.5 cm³/mol. The average molecular weight is 347 g/mol. The lowest BCUT2D eigenvalue weighted by Crippen LogP contribution is -2.50. The third-order valence-electron chi connectivity index (χ3n) is 3.84. The molecule has 1 aliphatic heterocycles. The zero-order valence-corrected chi connectivity index (χ0v) is 15.2. The van der Waals surface area contributed by atoms with Crippen LogP contribution in [0.3, 0.4) is 0 Å². The Morgan fingerprint density at radius 2 is 1.92 bits per heavy atom. The van der Waals surface area contributed by atoms with Crippen molar-refractivity contribution in [2.24, 2.45) is 0 Å². The van der Waals surface area contributed by atoms with E-state index in [-0.39, 0.29) is 6.09 Å². The summed E-state index contributed by atoms with van der Waals surface area (Å²) < 4.78 is 5.41. The monoisotopic (exact) mass is 347 g/mol. The highest BCUT2D eigenvalue weighted by Gasteiger charge is 2.27. The molecule has 2 aromatic heterocycles. The van der Waals surface area contributed by atoms with Gasteiger partial charge in [0.15, 0.2) is 0 Å². The molecule has 0 unspecified atom stereocenters. The van der Waals surface area contributed by atoms with Crippen LogP contribution in [0.4, 0.5) is 10.7 Å². The van der Waals surface area contributed by atoms with E-state index < -0.39 is 5.60 Å². The molecule has 0 saturated carbocycles. The fourth-order valence-electron chi connectivity index (χ4n) is 2.66. The van der Waals surface area contributed by atoms with Gasteiger partial charge in [0.25, 0.3) is 0 Å². The minimum Gasteiger partial charge on any atom is -0.444 e. The van der Waals surface area contributed by atoms with Crippen molar-refractivity contribution in [2.45, 2.75) is 39.7 Å². The van der Waals surface area contributed by atoms with Crippen LogP contribution in [-0.4, -0.2) is 68.2 Å². The zero-order chi connectivity index (χ0) is 18.0. The number of hydrogen-bond donors (Lipinski definition) is 2. The number of carbonyl (C=O) groups is 1. The molecule has 1 aliphatic rings. The summed E-state index contributed by atoms with van der Waals surface area (Å²) in [6, 6.07) is 1.99. The van der Waals surface area contributed by atoms with Crippen molar-refractivity contribution >= 4 is 12.0 Å². The molecule has 9 nitrogen and oxygen atoms in total. The second-order valence-corrected chi connectivity index (χ2v) is 7.26. The van der Waals surface area contributed by atoms with Gasteiger partial charge in [0.05, 0.1) is 12.1 Å². The lowest BCUT2D eigenvalue weighted by molar-refractivity contribution is 0.0240. The summed E-state index contributed by atoms with van der Waals surface area (Å²) in [6.07, 6.45) is 0.339. The van der Waals surface area contributed by atoms with Crippen LogP contribution in [0.2, 0.25) is 0 Å². The van der Waals surface area contributed by atoms with Gasteiger partial charge in [0.2, 0.25) is 5.95 Å². The fraction of sp³-hybridized carbons (Fsp3) is 0.625. The van der Waals surface area contributed by atoms with Crippen molar-refractivity contribution < 1.29 is 9.53 Å². The zero-order valence-electron chi connectivity index (χ0n) is 15.2. The van der Waals surface area contributed by atoms with Gasteiger partial charge in [-0.3, -0.25) is 10.2 Å². The molecule has 0 aromatic carbocycles. The number of hydrogen-bond acceptors (Lipinski definition) is 6. The molecule has 136 valence electrons. The Morgan fingerprint density at radius 1 is 1.20 bits per heavy atom. The summed E-state index contributed by atoms with van der Waals surface area (Å²) >= 11 is 0. The van der Waals surface area contributed by atoms with E-state index in [9.17, 15) is 4.79 Å². The predicted octanol–water partition coefficient (Wildman–Crippen LogP) is 1.48. The highest BCUT2D eigenvalue weighted by Crippen LogP contribution is 2.15. The topological polar surface area (TPSA) is 103 Å². The molecule has 0 spiro atoms. The number of amides is 1. The Hall–Kier alpha value is -2.58. The van der Waals surface area contributed by atoms with Crippen LogP contribution in [0.1, 0.15) is 38.0 Å². The summed E-state index contributed by atoms with van der Waals surface area (Å²) in [5.74, 6) is 1.43. The third kappa shape index (κ3) is 4.49. The van der Waals surface area contributed by atoms with E-state index in [0.29, 0.717) is 38.5 Å². The van der Waals surface area contributed by atoms with Gasteiger partial charge in [0, 0.05) is 31.9 Å². The Bertz CT molecular complexity index is 723. The molecule has 3 heterocycles. The number of ether oxygens (including phenoxy) is 1. The normalized spacial score (nSPS) is 15.5. The molecule has 0 aliphatic carbocycles. The molecule has 0 radical (unpaired) electrons. The number of anilines is 1. The van der Waals surface area contributed by atoms with Gasteiger partial charge in [0.1, 0.15) is 11.4 Å². The minimum atomic E-state index is -0.475. The van der Waals surface area contributed by atoms with Gasteiger partial charge in [-0.2, -0.15) is 10.1 Å². The van der Waals surface area contributed by atoms with E-state index in [1.54, 1.807) is 4.90 Å². The number of aryl methyl sites for hydroxylation is 1. The number of H-pyrrole nitrogens is 2. The maximum Gasteiger partial charge on any atom is 0.410 e. The number of aromatic amines is 2. The van der Waals surface area contributed by atoms with Gasteiger partial charge in [-0.1, -0.05) is 0 Å². The standard InChI is InChI=1S/C16H25N7O2/c1-11-9-12(19-18-11)10-13-17-14(21-20-13)22-5-7-23(8-6-22)15(24)25-16(2,3)4/h9H,5-8,10H2,1-4H3,(H,18,19)(H,17,20,21). The van der Waals surface area contributed by atoms with E-state index in [4.69, 9.17) is 4.74 Å². The van der Waals surface area contributed by atoms with Crippen LogP contribution in [-0.2, 0) is 11.2 Å². The first-order valence-corrected chi connectivity index (χ1v) is 8.45. The number of nitrogens with one attached hydrogen (secondary N) is 2. The first-order chi connectivity index (χ1) is 11.8. The molecular formula is C16H25N7O2. The van der Waals surface area contributed by atoms with E-state index in [0.717, 1.165) is 17.2 Å². The fourth-order valence-corrected chi connectivity index (χ4v) is 2.66. The highest BCUT2D eigenvalue weighted by atomic mass is 16.6. The Labute approximate surface area is 146 Å². The first kappa shape index (κ1) is 17.2. The Morgan fingerprint density at radius 3 is 2.52 bits per heavy atom. The molecule has 2 aromatic rings. The Balaban J connectivity index is 1.54. The van der Waals surface area contributed by atoms with E-state index >= 15 is 0 Å². The van der Waals surface area contributed by atoms with Gasteiger partial charge in [-0.05, 0) is 33.8 Å². The molecule has 0 bridgehead atoms. The quantitative estimate of drug-likeness (QED) is 0.872. The van der Waals surface area contributed by atoms with E-state index in [1.165, 1.54) is 0 Å². The summed E-state index contributed by atoms with van der Waals surface area (Å²) in [7, 11) is 0. The number of aromatic nitrogens is 5. The van der Waals surface area contributed by atoms with Crippen LogP contribution in [0, 0.1) is 6.92 Å². The molecule has 3 rings (SSSR count). The van der Waals surface area contributed by atoms with Crippen molar-refractivity contribution in [2.75, 3.05) is 31.1 Å². The van der Waals surface area contributed by atoms with Crippen LogP contribution >= 0.6 is 0 Å². The van der Waals surface area contributed by atoms with Gasteiger partial charge in [-0.15, -0.1) is 5.10 Å². The van der Waals surface area contributed by atoms with Crippen LogP contribution in [0.5, 0.6) is 0 Å². The first-order valence-electron chi connectivity index (χ1n) is 8.45. The third-order valence-corrected chi connectivity index (χ3v) is 3.84. The second kappa shape index (κ2) is 6.73. The molecular weight excluding hydrogens is 322 g/mol. The Kier molecular flexibility index (Phi) is 4.65. The van der Waals surface area contributed by atoms with Crippen LogP contribution < -0.4 is 4.90 Å². The van der Waals surface area contributed by atoms with Gasteiger partial charge in [-0.25, -0.2) is 4.79 Å². The van der Waals surface area contributed by atoms with Gasteiger partial charge >= 0.3 is 6.09 Å². The number of rotatable bonds is 3.